The summed E-state index contributed by atoms with van der Waals surface area (Å²) in [6, 6.07) is 22.4. The number of aryl methyl sites for hydroxylation is 1. The Morgan fingerprint density at radius 3 is 2.43 bits per heavy atom. The normalized spacial score (nSPS) is 17.8. The van der Waals surface area contributed by atoms with Gasteiger partial charge >= 0.3 is 0 Å². The molecule has 1 fully saturated rings. The van der Waals surface area contributed by atoms with Crippen molar-refractivity contribution in [2.75, 3.05) is 22.1 Å². The maximum absolute atomic E-state index is 12.7. The first-order chi connectivity index (χ1) is 22.4. The third-order valence-electron chi connectivity index (χ3n) is 7.67. The van der Waals surface area contributed by atoms with Crippen LogP contribution in [0.2, 0.25) is 0 Å². The van der Waals surface area contributed by atoms with Gasteiger partial charge in [0.05, 0.1) is 30.2 Å². The fraction of sp³-hybridized carbons (Fsp3) is 0.353. The van der Waals surface area contributed by atoms with Crippen LogP contribution < -0.4 is 16.4 Å². The Morgan fingerprint density at radius 1 is 0.957 bits per heavy atom. The Bertz CT molecular complexity index is 1600. The average Bonchev–Trinajstić information content (AvgIpc) is 3.49. The van der Waals surface area contributed by atoms with Crippen LogP contribution in [-0.4, -0.2) is 43.5 Å². The molecule has 0 bridgehead atoms. The Morgan fingerprint density at radius 2 is 1.72 bits per heavy atom. The summed E-state index contributed by atoms with van der Waals surface area (Å²) < 4.78 is 14.8. The molecule has 4 aromatic rings. The second-order valence-electron chi connectivity index (χ2n) is 11.3. The number of rotatable bonds is 14. The molecule has 12 heteroatoms. The fourth-order valence-electron chi connectivity index (χ4n) is 5.15. The number of thioether (sulfide) groups is 1. The Labute approximate surface area is 272 Å². The highest BCUT2D eigenvalue weighted by Gasteiger charge is 2.32. The van der Waals surface area contributed by atoms with Crippen LogP contribution >= 0.6 is 11.8 Å². The van der Waals surface area contributed by atoms with E-state index in [9.17, 15) is 14.7 Å². The number of unbranched alkanes of at least 4 members (excludes halogenated alkanes) is 2. The Hall–Kier alpha value is -4.23. The standard InChI is InChI=1S/C34H40N6O5S/c1-40-22-36-39-34(40)46-21-27-19-30(24-16-14-23(20-41)15-17-24)45-33(44-27)25-8-7-9-26(18-25)37-31(42)12-3-2-4-13-32(43)38-29-11-6-5-10-28(29)35/h5-11,14-18,22,27,30,33,41H,2-4,12-13,19-21,35H2,1H3,(H,37,42)(H,38,43)/t27-,30+,33+/m0/s1. The number of nitrogens with one attached hydrogen (secondary N) is 2. The second kappa shape index (κ2) is 16.4. The van der Waals surface area contributed by atoms with E-state index in [1.54, 1.807) is 30.2 Å². The van der Waals surface area contributed by atoms with Crippen molar-refractivity contribution in [3.05, 3.63) is 95.8 Å². The van der Waals surface area contributed by atoms with Gasteiger partial charge in [0, 0.05) is 43.3 Å². The van der Waals surface area contributed by atoms with Gasteiger partial charge < -0.3 is 35.5 Å². The number of para-hydroxylation sites is 2. The van der Waals surface area contributed by atoms with Gasteiger partial charge in [-0.25, -0.2) is 0 Å². The summed E-state index contributed by atoms with van der Waals surface area (Å²) in [6.07, 6.45) is 4.14. The molecular formula is C34H40N6O5S. The zero-order chi connectivity index (χ0) is 32.3. The molecule has 5 N–H and O–H groups in total. The van der Waals surface area contributed by atoms with Gasteiger partial charge in [-0.2, -0.15) is 0 Å². The summed E-state index contributed by atoms with van der Waals surface area (Å²) in [5.74, 6) is 0.477. The first kappa shape index (κ1) is 33.1. The predicted molar refractivity (Wildman–Crippen MR) is 178 cm³/mol. The van der Waals surface area contributed by atoms with Crippen molar-refractivity contribution in [3.8, 4) is 0 Å². The van der Waals surface area contributed by atoms with Crippen molar-refractivity contribution in [1.29, 1.82) is 0 Å². The number of carbonyl (C=O) groups is 2. The molecule has 0 aliphatic carbocycles. The van der Waals surface area contributed by atoms with Crippen molar-refractivity contribution < 1.29 is 24.2 Å². The molecule has 0 spiro atoms. The number of amides is 2. The molecule has 1 saturated heterocycles. The zero-order valence-electron chi connectivity index (χ0n) is 25.8. The van der Waals surface area contributed by atoms with Gasteiger partial charge in [0.2, 0.25) is 11.8 Å². The topological polar surface area (TPSA) is 154 Å². The average molecular weight is 645 g/mol. The van der Waals surface area contributed by atoms with Gasteiger partial charge in [0.25, 0.3) is 0 Å². The number of hydrogen-bond acceptors (Lipinski definition) is 9. The zero-order valence-corrected chi connectivity index (χ0v) is 26.6. The molecule has 5 rings (SSSR count). The SMILES string of the molecule is Cn1cnnc1SC[C@@H]1C[C@H](c2ccc(CO)cc2)O[C@H](c2cccc(NC(=O)CCCCCC(=O)Nc3ccccc3N)c2)O1. The number of hydrogen-bond donors (Lipinski definition) is 4. The number of nitrogens with two attached hydrogens (primary N) is 1. The number of aliphatic hydroxyl groups excluding tert-OH is 1. The number of ether oxygens (including phenoxy) is 2. The van der Waals surface area contributed by atoms with Gasteiger partial charge in [0.1, 0.15) is 6.33 Å². The summed E-state index contributed by atoms with van der Waals surface area (Å²) in [4.78, 5) is 25.0. The molecule has 1 aliphatic heterocycles. The number of aliphatic hydroxyl groups is 1. The smallest absolute Gasteiger partial charge is 0.224 e. The molecule has 2 heterocycles. The molecule has 1 aliphatic rings. The van der Waals surface area contributed by atoms with E-state index >= 15 is 0 Å². The van der Waals surface area contributed by atoms with Crippen molar-refractivity contribution in [3.63, 3.8) is 0 Å². The van der Waals surface area contributed by atoms with Crippen LogP contribution in [0.3, 0.4) is 0 Å². The molecule has 0 saturated carbocycles. The molecule has 0 radical (unpaired) electrons. The highest BCUT2D eigenvalue weighted by molar-refractivity contribution is 7.99. The van der Waals surface area contributed by atoms with Crippen LogP contribution in [0.15, 0.2) is 84.3 Å². The minimum Gasteiger partial charge on any atom is -0.397 e. The van der Waals surface area contributed by atoms with Gasteiger partial charge in [-0.05, 0) is 48.2 Å². The summed E-state index contributed by atoms with van der Waals surface area (Å²) in [5.41, 5.74) is 10.3. The molecule has 3 aromatic carbocycles. The number of carbonyl (C=O) groups excluding carboxylic acids is 2. The minimum absolute atomic E-state index is 0.0190. The van der Waals surface area contributed by atoms with E-state index in [0.717, 1.165) is 28.3 Å². The number of aromatic nitrogens is 3. The lowest BCUT2D eigenvalue weighted by Crippen LogP contribution is -2.31. The summed E-state index contributed by atoms with van der Waals surface area (Å²) >= 11 is 1.58. The Kier molecular flexibility index (Phi) is 11.8. The number of nitrogens with zero attached hydrogens (tertiary/aromatic N) is 3. The lowest BCUT2D eigenvalue weighted by atomic mass is 10.0. The monoisotopic (exact) mass is 644 g/mol. The lowest BCUT2D eigenvalue weighted by Gasteiger charge is -2.36. The second-order valence-corrected chi connectivity index (χ2v) is 12.2. The fourth-order valence-corrected chi connectivity index (χ4v) is 6.06. The highest BCUT2D eigenvalue weighted by Crippen LogP contribution is 2.39. The third-order valence-corrected chi connectivity index (χ3v) is 8.83. The summed E-state index contributed by atoms with van der Waals surface area (Å²) in [5, 5.41) is 24.2. The molecule has 2 amide bonds. The first-order valence-electron chi connectivity index (χ1n) is 15.4. The van der Waals surface area contributed by atoms with E-state index in [4.69, 9.17) is 15.2 Å². The van der Waals surface area contributed by atoms with Gasteiger partial charge in [0.15, 0.2) is 11.4 Å². The van der Waals surface area contributed by atoms with E-state index in [0.29, 0.717) is 54.9 Å². The van der Waals surface area contributed by atoms with E-state index < -0.39 is 6.29 Å². The van der Waals surface area contributed by atoms with Gasteiger partial charge in [-0.15, -0.1) is 10.2 Å². The van der Waals surface area contributed by atoms with Crippen LogP contribution in [0.25, 0.3) is 0 Å². The Balaban J connectivity index is 1.14. The third kappa shape index (κ3) is 9.39. The molecule has 3 atom stereocenters. The minimum atomic E-state index is -0.643. The number of benzene rings is 3. The van der Waals surface area contributed by atoms with Crippen LogP contribution in [0.4, 0.5) is 17.1 Å². The maximum atomic E-state index is 12.7. The molecule has 242 valence electrons. The molecular weight excluding hydrogens is 604 g/mol. The van der Waals surface area contributed by atoms with Crippen molar-refractivity contribution in [1.82, 2.24) is 14.8 Å². The van der Waals surface area contributed by atoms with E-state index in [1.807, 2.05) is 72.3 Å². The van der Waals surface area contributed by atoms with Crippen LogP contribution in [0.1, 0.15) is 67.6 Å². The van der Waals surface area contributed by atoms with Crippen molar-refractivity contribution in [2.45, 2.75) is 68.8 Å². The van der Waals surface area contributed by atoms with Gasteiger partial charge in [-0.1, -0.05) is 66.7 Å². The van der Waals surface area contributed by atoms with Gasteiger partial charge in [-0.3, -0.25) is 9.59 Å². The maximum Gasteiger partial charge on any atom is 0.224 e. The quantitative estimate of drug-likeness (QED) is 0.0763. The number of anilines is 3. The summed E-state index contributed by atoms with van der Waals surface area (Å²) in [6.45, 7) is -0.0190. The van der Waals surface area contributed by atoms with Crippen molar-refractivity contribution >= 4 is 40.6 Å². The molecule has 11 nitrogen and oxygen atoms in total. The van der Waals surface area contributed by atoms with Crippen molar-refractivity contribution in [2.24, 2.45) is 7.05 Å². The number of nitrogen functional groups attached to an aromatic ring is 1. The molecule has 1 aromatic heterocycles. The van der Waals surface area contributed by atoms with Crippen LogP contribution in [-0.2, 0) is 32.7 Å². The summed E-state index contributed by atoms with van der Waals surface area (Å²) in [7, 11) is 1.91. The van der Waals surface area contributed by atoms with E-state index in [2.05, 4.69) is 20.8 Å². The van der Waals surface area contributed by atoms with E-state index in [1.165, 1.54) is 0 Å². The van der Waals surface area contributed by atoms with E-state index in [-0.39, 0.29) is 30.6 Å². The lowest BCUT2D eigenvalue weighted by molar-refractivity contribution is -0.245. The molecule has 46 heavy (non-hydrogen) atoms. The van der Waals surface area contributed by atoms with Crippen LogP contribution in [0, 0.1) is 0 Å². The molecule has 0 unspecified atom stereocenters. The van der Waals surface area contributed by atoms with Crippen LogP contribution in [0.5, 0.6) is 0 Å². The highest BCUT2D eigenvalue weighted by atomic mass is 32.2. The first-order valence-corrected chi connectivity index (χ1v) is 16.4. The largest absolute Gasteiger partial charge is 0.397 e. The predicted octanol–water partition coefficient (Wildman–Crippen LogP) is 5.76.